The lowest BCUT2D eigenvalue weighted by molar-refractivity contribution is 0.0951. The number of hydrogen-bond donors (Lipinski definition) is 4. The van der Waals surface area contributed by atoms with Gasteiger partial charge in [0, 0.05) is 18.2 Å². The molecule has 172 valence electrons. The molecule has 1 aliphatic rings. The molecular formula is C24H21ClN6O3. The molecule has 0 aliphatic heterocycles. The molecule has 1 saturated carbocycles. The number of rotatable bonds is 7. The van der Waals surface area contributed by atoms with Crippen LogP contribution in [0.1, 0.15) is 28.8 Å². The summed E-state index contributed by atoms with van der Waals surface area (Å²) in [6.07, 6.45) is 2.69. The molecule has 5 rings (SSSR count). The maximum atomic E-state index is 12.5. The molecule has 4 aromatic rings. The van der Waals surface area contributed by atoms with Gasteiger partial charge < -0.3 is 20.8 Å². The number of anilines is 1. The molecule has 4 N–H and O–H groups in total. The van der Waals surface area contributed by atoms with Gasteiger partial charge in [-0.25, -0.2) is 9.97 Å². The van der Waals surface area contributed by atoms with E-state index in [-0.39, 0.29) is 18.5 Å². The molecular weight excluding hydrogens is 456 g/mol. The fourth-order valence-electron chi connectivity index (χ4n) is 3.76. The fourth-order valence-corrected chi connectivity index (χ4v) is 4.02. The molecule has 0 radical (unpaired) electrons. The van der Waals surface area contributed by atoms with Crippen LogP contribution in [0, 0.1) is 11.3 Å². The van der Waals surface area contributed by atoms with Gasteiger partial charge in [-0.3, -0.25) is 9.20 Å². The van der Waals surface area contributed by atoms with E-state index in [1.807, 2.05) is 10.5 Å². The molecule has 1 aliphatic carbocycles. The molecule has 10 heteroatoms. The zero-order valence-electron chi connectivity index (χ0n) is 18.0. The Morgan fingerprint density at radius 1 is 1.29 bits per heavy atom. The van der Waals surface area contributed by atoms with Crippen molar-refractivity contribution in [3.8, 4) is 17.3 Å². The summed E-state index contributed by atoms with van der Waals surface area (Å²) in [5.41, 5.74) is 4.12. The third-order valence-electron chi connectivity index (χ3n) is 5.69. The van der Waals surface area contributed by atoms with Gasteiger partial charge in [0.25, 0.3) is 5.91 Å². The highest BCUT2D eigenvalue weighted by Crippen LogP contribution is 2.31. The van der Waals surface area contributed by atoms with E-state index in [0.717, 1.165) is 23.9 Å². The molecule has 2 heterocycles. The minimum absolute atomic E-state index is 0.0709. The van der Waals surface area contributed by atoms with Gasteiger partial charge in [-0.15, -0.1) is 0 Å². The molecule has 1 amide bonds. The van der Waals surface area contributed by atoms with Crippen LogP contribution in [0.3, 0.4) is 0 Å². The molecule has 2 aromatic heterocycles. The van der Waals surface area contributed by atoms with E-state index in [1.165, 1.54) is 0 Å². The van der Waals surface area contributed by atoms with Gasteiger partial charge in [-0.2, -0.15) is 5.26 Å². The third kappa shape index (κ3) is 4.15. The number of halogens is 1. The van der Waals surface area contributed by atoms with Crippen LogP contribution in [0.5, 0.6) is 0 Å². The van der Waals surface area contributed by atoms with Crippen LogP contribution in [-0.4, -0.2) is 55.8 Å². The summed E-state index contributed by atoms with van der Waals surface area (Å²) < 4.78 is 1.88. The van der Waals surface area contributed by atoms with Crippen molar-refractivity contribution in [3.63, 3.8) is 0 Å². The number of fused-ring (bicyclic) bond motifs is 3. The van der Waals surface area contributed by atoms with E-state index in [2.05, 4.69) is 26.7 Å². The van der Waals surface area contributed by atoms with Crippen molar-refractivity contribution in [2.45, 2.75) is 25.0 Å². The summed E-state index contributed by atoms with van der Waals surface area (Å²) in [6.45, 7) is -0.324. The first-order valence-electron chi connectivity index (χ1n) is 10.8. The van der Waals surface area contributed by atoms with Crippen LogP contribution in [0.25, 0.3) is 27.9 Å². The van der Waals surface area contributed by atoms with Gasteiger partial charge in [0.1, 0.15) is 0 Å². The van der Waals surface area contributed by atoms with Crippen LogP contribution in [0.15, 0.2) is 42.6 Å². The van der Waals surface area contributed by atoms with E-state index in [0.29, 0.717) is 38.8 Å². The minimum Gasteiger partial charge on any atom is -0.394 e. The second kappa shape index (κ2) is 8.91. The number of aliphatic hydroxyl groups excluding tert-OH is 2. The van der Waals surface area contributed by atoms with Crippen LogP contribution in [0.2, 0.25) is 5.02 Å². The highest BCUT2D eigenvalue weighted by atomic mass is 35.5. The standard InChI is InChI=1S/C24H21ClN6O3/c25-18-8-14(2-5-17(18)24(34)29-15-3-4-15)21-11-28-23-22(27-10-16(33)12-32)30-19-7-13(9-26)1-6-20(19)31(21)23/h1-2,5-8,11,15-16,32-33H,3-4,10,12H2,(H,27,30)(H,29,34). The first-order valence-corrected chi connectivity index (χ1v) is 11.2. The molecule has 0 bridgehead atoms. The zero-order chi connectivity index (χ0) is 23.8. The monoisotopic (exact) mass is 476 g/mol. The fraction of sp³-hybridized carbons (Fsp3) is 0.250. The van der Waals surface area contributed by atoms with Gasteiger partial charge >= 0.3 is 0 Å². The third-order valence-corrected chi connectivity index (χ3v) is 6.00. The molecule has 1 fully saturated rings. The summed E-state index contributed by atoms with van der Waals surface area (Å²) in [5, 5.41) is 34.5. The van der Waals surface area contributed by atoms with Gasteiger partial charge in [0.15, 0.2) is 11.5 Å². The number of nitrogens with one attached hydrogen (secondary N) is 2. The van der Waals surface area contributed by atoms with Crippen molar-refractivity contribution in [3.05, 3.63) is 58.7 Å². The number of aromatic nitrogens is 3. The number of nitrogens with zero attached hydrogens (tertiary/aromatic N) is 4. The van der Waals surface area contributed by atoms with E-state index in [4.69, 9.17) is 16.7 Å². The number of carbonyl (C=O) groups excluding carboxylic acids is 1. The Kier molecular flexibility index (Phi) is 5.79. The topological polar surface area (TPSA) is 136 Å². The molecule has 1 unspecified atom stereocenters. The van der Waals surface area contributed by atoms with Gasteiger partial charge in [0.05, 0.1) is 57.9 Å². The number of nitriles is 1. The number of amides is 1. The van der Waals surface area contributed by atoms with E-state index in [1.54, 1.807) is 36.5 Å². The van der Waals surface area contributed by atoms with Crippen molar-refractivity contribution in [2.24, 2.45) is 0 Å². The summed E-state index contributed by atoms with van der Waals surface area (Å²) in [7, 11) is 0. The quantitative estimate of drug-likeness (QED) is 0.322. The van der Waals surface area contributed by atoms with Crippen molar-refractivity contribution in [1.29, 1.82) is 5.26 Å². The second-order valence-corrected chi connectivity index (χ2v) is 8.65. The molecule has 0 saturated heterocycles. The summed E-state index contributed by atoms with van der Waals surface area (Å²) in [6, 6.07) is 12.8. The van der Waals surface area contributed by atoms with Crippen molar-refractivity contribution >= 4 is 40.0 Å². The molecule has 1 atom stereocenters. The van der Waals surface area contributed by atoms with Crippen molar-refractivity contribution in [2.75, 3.05) is 18.5 Å². The number of benzene rings is 2. The van der Waals surface area contributed by atoms with Crippen LogP contribution in [0.4, 0.5) is 5.82 Å². The molecule has 9 nitrogen and oxygen atoms in total. The second-order valence-electron chi connectivity index (χ2n) is 8.24. The Morgan fingerprint density at radius 3 is 2.82 bits per heavy atom. The summed E-state index contributed by atoms with van der Waals surface area (Å²) in [4.78, 5) is 21.6. The predicted octanol–water partition coefficient (Wildman–Crippen LogP) is 2.73. The van der Waals surface area contributed by atoms with Gasteiger partial charge in [-0.05, 0) is 43.2 Å². The van der Waals surface area contributed by atoms with Crippen LogP contribution >= 0.6 is 11.6 Å². The Balaban J connectivity index is 1.63. The van der Waals surface area contributed by atoms with Crippen LogP contribution < -0.4 is 10.6 Å². The molecule has 0 spiro atoms. The summed E-state index contributed by atoms with van der Waals surface area (Å²) in [5.74, 6) is 0.206. The SMILES string of the molecule is N#Cc1ccc2c(c1)nc(NCC(O)CO)c1ncc(-c3ccc(C(=O)NC4CC4)c(Cl)c3)n12. The lowest BCUT2D eigenvalue weighted by Crippen LogP contribution is -2.25. The Labute approximate surface area is 199 Å². The summed E-state index contributed by atoms with van der Waals surface area (Å²) >= 11 is 6.48. The maximum absolute atomic E-state index is 12.5. The lowest BCUT2D eigenvalue weighted by atomic mass is 10.1. The van der Waals surface area contributed by atoms with Gasteiger partial charge in [-0.1, -0.05) is 17.7 Å². The first-order chi connectivity index (χ1) is 16.5. The van der Waals surface area contributed by atoms with E-state index >= 15 is 0 Å². The highest BCUT2D eigenvalue weighted by Gasteiger charge is 2.25. The first kappa shape index (κ1) is 22.1. The average Bonchev–Trinajstić information content (AvgIpc) is 3.55. The van der Waals surface area contributed by atoms with E-state index < -0.39 is 12.7 Å². The number of aliphatic hydroxyl groups is 2. The van der Waals surface area contributed by atoms with Crippen LogP contribution in [-0.2, 0) is 0 Å². The highest BCUT2D eigenvalue weighted by molar-refractivity contribution is 6.34. The maximum Gasteiger partial charge on any atom is 0.253 e. The Hall–Kier alpha value is -3.71. The molecule has 34 heavy (non-hydrogen) atoms. The minimum atomic E-state index is -0.967. The average molecular weight is 477 g/mol. The normalized spacial score (nSPS) is 14.2. The largest absolute Gasteiger partial charge is 0.394 e. The number of imidazole rings is 1. The smallest absolute Gasteiger partial charge is 0.253 e. The predicted molar refractivity (Wildman–Crippen MR) is 128 cm³/mol. The lowest BCUT2D eigenvalue weighted by Gasteiger charge is -2.14. The van der Waals surface area contributed by atoms with Crippen molar-refractivity contribution in [1.82, 2.24) is 19.7 Å². The van der Waals surface area contributed by atoms with Gasteiger partial charge in [0.2, 0.25) is 0 Å². The Morgan fingerprint density at radius 2 is 2.12 bits per heavy atom. The van der Waals surface area contributed by atoms with Crippen molar-refractivity contribution < 1.29 is 15.0 Å². The Bertz CT molecular complexity index is 1460. The van der Waals surface area contributed by atoms with E-state index in [9.17, 15) is 15.2 Å². The number of hydrogen-bond acceptors (Lipinski definition) is 7. The number of carbonyl (C=O) groups is 1. The molecule has 2 aromatic carbocycles. The zero-order valence-corrected chi connectivity index (χ0v) is 18.8.